The van der Waals surface area contributed by atoms with Gasteiger partial charge in [-0.3, -0.25) is 0 Å². The van der Waals surface area contributed by atoms with E-state index in [-0.39, 0.29) is 6.10 Å². The van der Waals surface area contributed by atoms with E-state index in [2.05, 4.69) is 31.2 Å². The lowest BCUT2D eigenvalue weighted by Crippen LogP contribution is -2.24. The molecule has 2 unspecified atom stereocenters. The van der Waals surface area contributed by atoms with Crippen molar-refractivity contribution in [1.29, 1.82) is 0 Å². The summed E-state index contributed by atoms with van der Waals surface area (Å²) < 4.78 is 11.5. The summed E-state index contributed by atoms with van der Waals surface area (Å²) in [5, 5.41) is 0. The van der Waals surface area contributed by atoms with Gasteiger partial charge in [0, 0.05) is 5.56 Å². The van der Waals surface area contributed by atoms with Crippen LogP contribution in [-0.4, -0.2) is 18.6 Å². The van der Waals surface area contributed by atoms with Crippen LogP contribution in [0.2, 0.25) is 0 Å². The number of rotatable bonds is 3. The Morgan fingerprint density at radius 2 is 2.06 bits per heavy atom. The third-order valence-corrected chi connectivity index (χ3v) is 3.34. The van der Waals surface area contributed by atoms with Crippen molar-refractivity contribution in [1.82, 2.24) is 0 Å². The Morgan fingerprint density at radius 3 is 2.56 bits per heavy atom. The monoisotopic (exact) mass is 240 g/mol. The zero-order valence-corrected chi connectivity index (χ0v) is 10.5. The highest BCUT2D eigenvalue weighted by atomic mass is 35.5. The molecule has 1 heterocycles. The molecule has 0 amide bonds. The van der Waals surface area contributed by atoms with Crippen molar-refractivity contribution < 1.29 is 9.47 Å². The van der Waals surface area contributed by atoms with Crippen molar-refractivity contribution >= 4 is 11.6 Å². The fourth-order valence-electron chi connectivity index (χ4n) is 1.91. The van der Waals surface area contributed by atoms with Crippen LogP contribution in [0.4, 0.5) is 0 Å². The number of halogens is 1. The van der Waals surface area contributed by atoms with Crippen LogP contribution < -0.4 is 0 Å². The fraction of sp³-hybridized carbons (Fsp3) is 0.538. The lowest BCUT2D eigenvalue weighted by molar-refractivity contribution is -0.159. The fourth-order valence-corrected chi connectivity index (χ4v) is 2.06. The van der Waals surface area contributed by atoms with E-state index in [9.17, 15) is 0 Å². The van der Waals surface area contributed by atoms with Gasteiger partial charge >= 0.3 is 0 Å². The van der Waals surface area contributed by atoms with E-state index in [1.165, 1.54) is 5.56 Å². The number of hydrogen-bond acceptors (Lipinski definition) is 2. The van der Waals surface area contributed by atoms with Crippen LogP contribution in [0.1, 0.15) is 25.0 Å². The summed E-state index contributed by atoms with van der Waals surface area (Å²) in [5.74, 6) is -0.158. The number of benzene rings is 1. The van der Waals surface area contributed by atoms with Crippen LogP contribution in [0.25, 0.3) is 0 Å². The van der Waals surface area contributed by atoms with Crippen LogP contribution in [0.3, 0.4) is 0 Å². The van der Waals surface area contributed by atoms with E-state index in [1.807, 2.05) is 6.92 Å². The van der Waals surface area contributed by atoms with Crippen molar-refractivity contribution in [3.63, 3.8) is 0 Å². The van der Waals surface area contributed by atoms with Gasteiger partial charge in [-0.05, 0) is 18.9 Å². The maximum absolute atomic E-state index is 5.80. The molecule has 2 nitrogen and oxygen atoms in total. The van der Waals surface area contributed by atoms with Gasteiger partial charge in [-0.1, -0.05) is 31.2 Å². The van der Waals surface area contributed by atoms with E-state index in [0.29, 0.717) is 12.5 Å². The molecule has 3 heteroatoms. The first-order valence-electron chi connectivity index (χ1n) is 5.65. The molecule has 1 fully saturated rings. The van der Waals surface area contributed by atoms with Gasteiger partial charge < -0.3 is 9.47 Å². The van der Waals surface area contributed by atoms with Gasteiger partial charge in [0.15, 0.2) is 5.79 Å². The predicted molar refractivity (Wildman–Crippen MR) is 64.7 cm³/mol. The van der Waals surface area contributed by atoms with Gasteiger partial charge in [-0.25, -0.2) is 0 Å². The van der Waals surface area contributed by atoms with Crippen molar-refractivity contribution in [2.24, 2.45) is 0 Å². The van der Waals surface area contributed by atoms with Crippen LogP contribution >= 0.6 is 11.6 Å². The molecule has 0 spiro atoms. The molecule has 0 aliphatic carbocycles. The lowest BCUT2D eigenvalue weighted by atomic mass is 10.0. The summed E-state index contributed by atoms with van der Waals surface area (Å²) in [6.07, 6.45) is 1.04. The van der Waals surface area contributed by atoms with Crippen LogP contribution in [0, 0.1) is 0 Å². The second-order valence-corrected chi connectivity index (χ2v) is 4.51. The summed E-state index contributed by atoms with van der Waals surface area (Å²) in [7, 11) is 0. The molecule has 1 aromatic rings. The maximum atomic E-state index is 5.80. The summed E-state index contributed by atoms with van der Waals surface area (Å²) in [5.41, 5.74) is 2.37. The van der Waals surface area contributed by atoms with Crippen molar-refractivity contribution in [3.05, 3.63) is 35.4 Å². The van der Waals surface area contributed by atoms with Crippen LogP contribution in [-0.2, 0) is 21.7 Å². The lowest BCUT2D eigenvalue weighted by Gasteiger charge is -2.23. The highest BCUT2D eigenvalue weighted by Gasteiger charge is 2.38. The summed E-state index contributed by atoms with van der Waals surface area (Å²) in [4.78, 5) is 0. The van der Waals surface area contributed by atoms with Gasteiger partial charge in [-0.15, -0.1) is 11.6 Å². The van der Waals surface area contributed by atoms with E-state index >= 15 is 0 Å². The van der Waals surface area contributed by atoms with E-state index in [4.69, 9.17) is 21.1 Å². The Hall–Kier alpha value is -0.570. The molecule has 1 aromatic carbocycles. The van der Waals surface area contributed by atoms with Crippen LogP contribution in [0.15, 0.2) is 24.3 Å². The van der Waals surface area contributed by atoms with Crippen molar-refractivity contribution in [2.75, 3.05) is 12.5 Å². The third kappa shape index (κ3) is 2.24. The van der Waals surface area contributed by atoms with Gasteiger partial charge in [0.2, 0.25) is 0 Å². The first kappa shape index (κ1) is 11.9. The van der Waals surface area contributed by atoms with Crippen molar-refractivity contribution in [2.45, 2.75) is 32.2 Å². The Balaban J connectivity index is 2.17. The number of alkyl halides is 1. The predicted octanol–water partition coefficient (Wildman–Crippen LogP) is 3.08. The molecule has 0 N–H and O–H groups in total. The van der Waals surface area contributed by atoms with Crippen LogP contribution in [0.5, 0.6) is 0 Å². The molecule has 88 valence electrons. The molecule has 2 rings (SSSR count). The zero-order valence-electron chi connectivity index (χ0n) is 9.70. The Labute approximate surface area is 102 Å². The smallest absolute Gasteiger partial charge is 0.192 e. The molecule has 0 aromatic heterocycles. The highest BCUT2D eigenvalue weighted by molar-refractivity contribution is 6.18. The summed E-state index contributed by atoms with van der Waals surface area (Å²) >= 11 is 5.77. The van der Waals surface area contributed by atoms with Gasteiger partial charge in [-0.2, -0.15) is 0 Å². The Kier molecular flexibility index (Phi) is 3.53. The highest BCUT2D eigenvalue weighted by Crippen LogP contribution is 2.34. The van der Waals surface area contributed by atoms with Crippen molar-refractivity contribution in [3.8, 4) is 0 Å². The molecule has 0 saturated carbocycles. The van der Waals surface area contributed by atoms with Gasteiger partial charge in [0.25, 0.3) is 0 Å². The molecule has 1 aliphatic rings. The molecule has 0 bridgehead atoms. The SMILES string of the molecule is CCc1ccc(C2(C)OCC(CCl)O2)cc1. The largest absolute Gasteiger partial charge is 0.343 e. The van der Waals surface area contributed by atoms with E-state index < -0.39 is 5.79 Å². The standard InChI is InChI=1S/C13H17ClO2/c1-3-10-4-6-11(7-5-10)13(2)15-9-12(8-14)16-13/h4-7,12H,3,8-9H2,1-2H3. The minimum atomic E-state index is -0.633. The molecule has 16 heavy (non-hydrogen) atoms. The topological polar surface area (TPSA) is 18.5 Å². The molecular weight excluding hydrogens is 224 g/mol. The Bertz CT molecular complexity index is 349. The first-order chi connectivity index (χ1) is 7.68. The third-order valence-electron chi connectivity index (χ3n) is 2.99. The molecular formula is C13H17ClO2. The molecule has 1 aliphatic heterocycles. The average Bonchev–Trinajstić information content (AvgIpc) is 2.73. The second-order valence-electron chi connectivity index (χ2n) is 4.20. The molecule has 1 saturated heterocycles. The quantitative estimate of drug-likeness (QED) is 0.756. The maximum Gasteiger partial charge on any atom is 0.192 e. The van der Waals surface area contributed by atoms with Gasteiger partial charge in [0.1, 0.15) is 0 Å². The van der Waals surface area contributed by atoms with E-state index in [1.54, 1.807) is 0 Å². The zero-order chi connectivity index (χ0) is 11.6. The number of ether oxygens (including phenoxy) is 2. The minimum absolute atomic E-state index is 0.00230. The van der Waals surface area contributed by atoms with E-state index in [0.717, 1.165) is 12.0 Å². The average molecular weight is 241 g/mol. The normalized spacial score (nSPS) is 29.6. The first-order valence-corrected chi connectivity index (χ1v) is 6.18. The molecule has 0 radical (unpaired) electrons. The summed E-state index contributed by atoms with van der Waals surface area (Å²) in [6.45, 7) is 4.65. The molecule has 2 atom stereocenters. The minimum Gasteiger partial charge on any atom is -0.343 e. The van der Waals surface area contributed by atoms with Gasteiger partial charge in [0.05, 0.1) is 18.6 Å². The summed E-state index contributed by atoms with van der Waals surface area (Å²) in [6, 6.07) is 8.35. The number of hydrogen-bond donors (Lipinski definition) is 0. The Morgan fingerprint density at radius 1 is 1.38 bits per heavy atom. The number of aryl methyl sites for hydroxylation is 1. The second kappa shape index (κ2) is 4.74.